The van der Waals surface area contributed by atoms with Gasteiger partial charge in [-0.15, -0.1) is 0 Å². The van der Waals surface area contributed by atoms with Gasteiger partial charge in [0.1, 0.15) is 12.4 Å². The van der Waals surface area contributed by atoms with Gasteiger partial charge in [-0.2, -0.15) is 0 Å². The number of rotatable bonds is 7. The molecule has 0 aliphatic heterocycles. The number of ketones is 1. The van der Waals surface area contributed by atoms with Crippen LogP contribution in [0.15, 0.2) is 12.4 Å². The van der Waals surface area contributed by atoms with E-state index < -0.39 is 0 Å². The largest absolute Gasteiger partial charge is 0.374 e. The summed E-state index contributed by atoms with van der Waals surface area (Å²) < 4.78 is 7.08. The normalized spacial score (nSPS) is 10.5. The van der Waals surface area contributed by atoms with E-state index >= 15 is 0 Å². The van der Waals surface area contributed by atoms with Gasteiger partial charge in [0.15, 0.2) is 5.78 Å². The maximum Gasteiger partial charge on any atom is 0.165 e. The lowest BCUT2D eigenvalue weighted by Crippen LogP contribution is -2.15. The van der Waals surface area contributed by atoms with Crippen molar-refractivity contribution in [3.05, 3.63) is 18.2 Å². The van der Waals surface area contributed by atoms with E-state index in [1.165, 1.54) is 0 Å². The highest BCUT2D eigenvalue weighted by molar-refractivity contribution is 5.81. The zero-order chi connectivity index (χ0) is 11.1. The first-order chi connectivity index (χ1) is 7.27. The Morgan fingerprint density at radius 1 is 1.53 bits per heavy atom. The van der Waals surface area contributed by atoms with Gasteiger partial charge in [0, 0.05) is 25.5 Å². The number of hydrogen-bond donors (Lipinski definition) is 0. The summed E-state index contributed by atoms with van der Waals surface area (Å²) in [6, 6.07) is 0. The molecule has 0 spiro atoms. The maximum absolute atomic E-state index is 11.4. The second-order valence-electron chi connectivity index (χ2n) is 3.39. The Balaban J connectivity index is 2.48. The molecule has 0 aliphatic carbocycles. The van der Waals surface area contributed by atoms with Crippen molar-refractivity contribution >= 4 is 5.78 Å². The number of nitrogens with zero attached hydrogens (tertiary/aromatic N) is 2. The zero-order valence-corrected chi connectivity index (χ0v) is 9.40. The first-order valence-corrected chi connectivity index (χ1v) is 5.37. The highest BCUT2D eigenvalue weighted by atomic mass is 16.5. The molecule has 1 heterocycles. The highest BCUT2D eigenvalue weighted by Gasteiger charge is 2.08. The van der Waals surface area contributed by atoms with Gasteiger partial charge in [-0.25, -0.2) is 4.98 Å². The molecule has 15 heavy (non-hydrogen) atoms. The smallest absolute Gasteiger partial charge is 0.165 e. The van der Waals surface area contributed by atoms with Crippen LogP contribution in [0.3, 0.4) is 0 Å². The van der Waals surface area contributed by atoms with Crippen LogP contribution in [0, 0.1) is 0 Å². The van der Waals surface area contributed by atoms with E-state index in [4.69, 9.17) is 4.74 Å². The highest BCUT2D eigenvalue weighted by Crippen LogP contribution is 2.01. The fraction of sp³-hybridized carbons (Fsp3) is 0.636. The Labute approximate surface area is 90.3 Å². The lowest BCUT2D eigenvalue weighted by molar-refractivity contribution is -0.122. The van der Waals surface area contributed by atoms with Crippen molar-refractivity contribution in [2.24, 2.45) is 0 Å². The van der Waals surface area contributed by atoms with Crippen LogP contribution in [0.5, 0.6) is 0 Å². The van der Waals surface area contributed by atoms with Crippen molar-refractivity contribution in [1.82, 2.24) is 9.55 Å². The van der Waals surface area contributed by atoms with Crippen molar-refractivity contribution in [3.8, 4) is 0 Å². The number of hydrogen-bond acceptors (Lipinski definition) is 3. The van der Waals surface area contributed by atoms with E-state index in [9.17, 15) is 4.79 Å². The van der Waals surface area contributed by atoms with Gasteiger partial charge in [0.05, 0.1) is 6.42 Å². The standard InChI is InChI=1S/C11H18N2O2/c1-3-6-13-7-5-12-11(13)8-10(14)9-15-4-2/h5,7H,3-4,6,8-9H2,1-2H3. The van der Waals surface area contributed by atoms with E-state index in [1.807, 2.05) is 17.7 Å². The third kappa shape index (κ3) is 3.83. The van der Waals surface area contributed by atoms with Crippen LogP contribution in [-0.2, 0) is 22.5 Å². The summed E-state index contributed by atoms with van der Waals surface area (Å²) in [6.45, 7) is 5.67. The fourth-order valence-electron chi connectivity index (χ4n) is 1.40. The van der Waals surface area contributed by atoms with Gasteiger partial charge < -0.3 is 9.30 Å². The number of carbonyl (C=O) groups is 1. The molecule has 4 nitrogen and oxygen atoms in total. The molecule has 1 aromatic rings. The zero-order valence-electron chi connectivity index (χ0n) is 9.40. The van der Waals surface area contributed by atoms with Crippen LogP contribution in [0.4, 0.5) is 0 Å². The predicted molar refractivity (Wildman–Crippen MR) is 57.7 cm³/mol. The van der Waals surface area contributed by atoms with E-state index in [2.05, 4.69) is 11.9 Å². The van der Waals surface area contributed by atoms with Crippen molar-refractivity contribution in [3.63, 3.8) is 0 Å². The van der Waals surface area contributed by atoms with Crippen LogP contribution in [0.1, 0.15) is 26.1 Å². The Bertz CT molecular complexity index is 307. The van der Waals surface area contributed by atoms with Crippen LogP contribution in [0.2, 0.25) is 0 Å². The van der Waals surface area contributed by atoms with Gasteiger partial charge in [0.25, 0.3) is 0 Å². The second kappa shape index (κ2) is 6.35. The van der Waals surface area contributed by atoms with Gasteiger partial charge in [-0.3, -0.25) is 4.79 Å². The molecule has 0 saturated heterocycles. The fourth-order valence-corrected chi connectivity index (χ4v) is 1.40. The maximum atomic E-state index is 11.4. The first kappa shape index (κ1) is 11.9. The van der Waals surface area contributed by atoms with Crippen LogP contribution in [-0.4, -0.2) is 28.5 Å². The molecule has 0 N–H and O–H groups in total. The molecule has 0 atom stereocenters. The number of Topliss-reactive ketones (excluding diaryl/α,β-unsaturated/α-hetero) is 1. The van der Waals surface area contributed by atoms with Crippen LogP contribution >= 0.6 is 0 Å². The third-order valence-corrected chi connectivity index (χ3v) is 2.09. The Morgan fingerprint density at radius 3 is 3.00 bits per heavy atom. The third-order valence-electron chi connectivity index (χ3n) is 2.09. The quantitative estimate of drug-likeness (QED) is 0.684. The predicted octanol–water partition coefficient (Wildman–Crippen LogP) is 1.44. The molecular weight excluding hydrogens is 192 g/mol. The van der Waals surface area contributed by atoms with E-state index in [0.29, 0.717) is 13.0 Å². The number of imidazole rings is 1. The summed E-state index contributed by atoms with van der Waals surface area (Å²) in [5, 5.41) is 0. The second-order valence-corrected chi connectivity index (χ2v) is 3.39. The van der Waals surface area contributed by atoms with Crippen molar-refractivity contribution in [1.29, 1.82) is 0 Å². The molecule has 0 saturated carbocycles. The van der Waals surface area contributed by atoms with Crippen molar-refractivity contribution < 1.29 is 9.53 Å². The topological polar surface area (TPSA) is 44.1 Å². The number of ether oxygens (including phenoxy) is 1. The monoisotopic (exact) mass is 210 g/mol. The van der Waals surface area contributed by atoms with Gasteiger partial charge in [-0.1, -0.05) is 6.92 Å². The molecular formula is C11H18N2O2. The van der Waals surface area contributed by atoms with Gasteiger partial charge in [-0.05, 0) is 13.3 Å². The minimum atomic E-state index is 0.0837. The molecule has 0 bridgehead atoms. The minimum absolute atomic E-state index is 0.0837. The summed E-state index contributed by atoms with van der Waals surface area (Å²) in [6.07, 6.45) is 5.06. The minimum Gasteiger partial charge on any atom is -0.374 e. The summed E-state index contributed by atoms with van der Waals surface area (Å²) in [5.41, 5.74) is 0. The molecule has 0 aliphatic rings. The molecule has 1 aromatic heterocycles. The first-order valence-electron chi connectivity index (χ1n) is 5.37. The Morgan fingerprint density at radius 2 is 2.33 bits per heavy atom. The molecule has 0 fully saturated rings. The van der Waals surface area contributed by atoms with Gasteiger partial charge in [0.2, 0.25) is 0 Å². The molecule has 0 aromatic carbocycles. The van der Waals surface area contributed by atoms with Gasteiger partial charge >= 0.3 is 0 Å². The number of carbonyl (C=O) groups excluding carboxylic acids is 1. The van der Waals surface area contributed by atoms with Crippen LogP contribution < -0.4 is 0 Å². The summed E-state index contributed by atoms with van der Waals surface area (Å²) in [7, 11) is 0. The van der Waals surface area contributed by atoms with E-state index in [0.717, 1.165) is 18.8 Å². The summed E-state index contributed by atoms with van der Waals surface area (Å²) in [4.78, 5) is 15.6. The van der Waals surface area contributed by atoms with E-state index in [1.54, 1.807) is 6.20 Å². The van der Waals surface area contributed by atoms with Crippen LogP contribution in [0.25, 0.3) is 0 Å². The average Bonchev–Trinajstić information content (AvgIpc) is 2.63. The Hall–Kier alpha value is -1.16. The van der Waals surface area contributed by atoms with Crippen molar-refractivity contribution in [2.75, 3.05) is 13.2 Å². The summed E-state index contributed by atoms with van der Waals surface area (Å²) >= 11 is 0. The summed E-state index contributed by atoms with van der Waals surface area (Å²) in [5.74, 6) is 0.918. The SMILES string of the molecule is CCCn1ccnc1CC(=O)COCC. The molecule has 0 amide bonds. The molecule has 1 rings (SSSR count). The molecule has 84 valence electrons. The van der Waals surface area contributed by atoms with Crippen molar-refractivity contribution in [2.45, 2.75) is 33.2 Å². The lowest BCUT2D eigenvalue weighted by atomic mass is 10.3. The molecule has 4 heteroatoms. The number of aryl methyl sites for hydroxylation is 1. The Kier molecular flexibility index (Phi) is 5.04. The average molecular weight is 210 g/mol. The number of aromatic nitrogens is 2. The lowest BCUT2D eigenvalue weighted by Gasteiger charge is -2.05. The van der Waals surface area contributed by atoms with E-state index in [-0.39, 0.29) is 12.4 Å². The molecule has 0 radical (unpaired) electrons. The molecule has 0 unspecified atom stereocenters.